The molecule has 0 atom stereocenters. The molecule has 0 unspecified atom stereocenters. The quantitative estimate of drug-likeness (QED) is 0.630. The average Bonchev–Trinajstić information content (AvgIpc) is 2.65. The van der Waals surface area contributed by atoms with E-state index in [0.717, 1.165) is 5.69 Å². The summed E-state index contributed by atoms with van der Waals surface area (Å²) in [4.78, 5) is 0.148. The first kappa shape index (κ1) is 18.8. The van der Waals surface area contributed by atoms with E-state index in [0.29, 0.717) is 27.5 Å². The third kappa shape index (κ3) is 4.40. The molecule has 0 saturated carbocycles. The van der Waals surface area contributed by atoms with Crippen molar-refractivity contribution in [2.75, 3.05) is 10.0 Å². The predicted molar refractivity (Wildman–Crippen MR) is 108 cm³/mol. The van der Waals surface area contributed by atoms with Crippen molar-refractivity contribution in [1.29, 1.82) is 5.26 Å². The Morgan fingerprint density at radius 1 is 0.963 bits per heavy atom. The zero-order valence-corrected chi connectivity index (χ0v) is 16.0. The summed E-state index contributed by atoms with van der Waals surface area (Å²) in [6, 6.07) is 20.6. The number of sulfonamides is 1. The van der Waals surface area contributed by atoms with E-state index in [1.54, 1.807) is 55.5 Å². The fourth-order valence-electron chi connectivity index (χ4n) is 2.47. The molecule has 0 saturated heterocycles. The second kappa shape index (κ2) is 7.70. The first-order valence-electron chi connectivity index (χ1n) is 8.04. The van der Waals surface area contributed by atoms with Gasteiger partial charge in [-0.1, -0.05) is 23.7 Å². The second-order valence-electron chi connectivity index (χ2n) is 5.88. The summed E-state index contributed by atoms with van der Waals surface area (Å²) in [6.07, 6.45) is 0. The summed E-state index contributed by atoms with van der Waals surface area (Å²) in [5, 5.41) is 12.8. The monoisotopic (exact) mass is 397 g/mol. The van der Waals surface area contributed by atoms with Gasteiger partial charge in [-0.2, -0.15) is 5.26 Å². The van der Waals surface area contributed by atoms with Gasteiger partial charge in [-0.15, -0.1) is 0 Å². The highest BCUT2D eigenvalue weighted by atomic mass is 35.5. The van der Waals surface area contributed by atoms with Crippen molar-refractivity contribution < 1.29 is 8.42 Å². The third-order valence-corrected chi connectivity index (χ3v) is 5.71. The van der Waals surface area contributed by atoms with E-state index < -0.39 is 10.0 Å². The number of aryl methyl sites for hydroxylation is 1. The molecule has 3 aromatic carbocycles. The smallest absolute Gasteiger partial charge is 0.261 e. The molecule has 27 heavy (non-hydrogen) atoms. The van der Waals surface area contributed by atoms with Crippen molar-refractivity contribution in [3.63, 3.8) is 0 Å². The van der Waals surface area contributed by atoms with Gasteiger partial charge in [-0.3, -0.25) is 4.72 Å². The van der Waals surface area contributed by atoms with Crippen LogP contribution in [0.2, 0.25) is 5.02 Å². The molecule has 3 rings (SSSR count). The van der Waals surface area contributed by atoms with Crippen molar-refractivity contribution in [1.82, 2.24) is 0 Å². The van der Waals surface area contributed by atoms with Gasteiger partial charge in [-0.05, 0) is 67.1 Å². The number of nitrogens with zero attached hydrogens (tertiary/aromatic N) is 1. The van der Waals surface area contributed by atoms with E-state index in [1.807, 2.05) is 6.07 Å². The number of nitrogens with one attached hydrogen (secondary N) is 2. The Kier molecular flexibility index (Phi) is 5.36. The first-order chi connectivity index (χ1) is 12.9. The van der Waals surface area contributed by atoms with Crippen LogP contribution in [0.1, 0.15) is 11.1 Å². The van der Waals surface area contributed by atoms with Gasteiger partial charge >= 0.3 is 0 Å². The van der Waals surface area contributed by atoms with E-state index >= 15 is 0 Å². The normalized spacial score (nSPS) is 10.9. The van der Waals surface area contributed by atoms with Crippen LogP contribution in [-0.2, 0) is 10.0 Å². The molecular weight excluding hydrogens is 382 g/mol. The highest BCUT2D eigenvalue weighted by Gasteiger charge is 2.15. The van der Waals surface area contributed by atoms with Crippen molar-refractivity contribution >= 4 is 38.7 Å². The number of benzene rings is 3. The van der Waals surface area contributed by atoms with Crippen LogP contribution < -0.4 is 10.0 Å². The van der Waals surface area contributed by atoms with E-state index in [-0.39, 0.29) is 4.90 Å². The van der Waals surface area contributed by atoms with Crippen LogP contribution in [0, 0.1) is 18.3 Å². The maximum atomic E-state index is 12.5. The van der Waals surface area contributed by atoms with Crippen LogP contribution in [-0.4, -0.2) is 8.42 Å². The molecule has 0 aliphatic rings. The summed E-state index contributed by atoms with van der Waals surface area (Å²) in [7, 11) is -3.71. The number of anilines is 3. The number of para-hydroxylation sites is 1. The summed E-state index contributed by atoms with van der Waals surface area (Å²) >= 11 is 5.95. The number of hydrogen-bond donors (Lipinski definition) is 2. The average molecular weight is 398 g/mol. The van der Waals surface area contributed by atoms with Gasteiger partial charge in [0, 0.05) is 16.4 Å². The summed E-state index contributed by atoms with van der Waals surface area (Å²) in [6.45, 7) is 1.75. The van der Waals surface area contributed by atoms with Crippen LogP contribution in [0.15, 0.2) is 71.6 Å². The van der Waals surface area contributed by atoms with Crippen molar-refractivity contribution in [3.8, 4) is 6.07 Å². The molecule has 136 valence electrons. The lowest BCUT2D eigenvalue weighted by molar-refractivity contribution is 0.601. The number of nitriles is 1. The zero-order chi connectivity index (χ0) is 19.4. The van der Waals surface area contributed by atoms with Gasteiger partial charge in [0.2, 0.25) is 0 Å². The molecule has 0 amide bonds. The standard InChI is InChI=1S/C20H16ClN3O2S/c1-14-12-18(10-11-19(14)21)27(25,26)24-17-8-6-16(7-9-17)23-20-5-3-2-4-15(20)13-22/h2-12,23-24H,1H3. The topological polar surface area (TPSA) is 82.0 Å². The third-order valence-electron chi connectivity index (χ3n) is 3.90. The fraction of sp³-hybridized carbons (Fsp3) is 0.0500. The predicted octanol–water partition coefficient (Wildman–Crippen LogP) is 5.06. The van der Waals surface area contributed by atoms with E-state index in [9.17, 15) is 8.42 Å². The Bertz CT molecular complexity index is 1120. The molecule has 0 aliphatic carbocycles. The SMILES string of the molecule is Cc1cc(S(=O)(=O)Nc2ccc(Nc3ccccc3C#N)cc2)ccc1Cl. The molecular formula is C20H16ClN3O2S. The van der Waals surface area contributed by atoms with Gasteiger partial charge < -0.3 is 5.32 Å². The zero-order valence-electron chi connectivity index (χ0n) is 14.4. The molecule has 0 radical (unpaired) electrons. The Morgan fingerprint density at radius 3 is 2.30 bits per heavy atom. The highest BCUT2D eigenvalue weighted by molar-refractivity contribution is 7.92. The second-order valence-corrected chi connectivity index (χ2v) is 7.97. The minimum absolute atomic E-state index is 0.148. The molecule has 5 nitrogen and oxygen atoms in total. The summed E-state index contributed by atoms with van der Waals surface area (Å²) < 4.78 is 27.6. The van der Waals surface area contributed by atoms with Crippen LogP contribution in [0.3, 0.4) is 0 Å². The molecule has 0 heterocycles. The van der Waals surface area contributed by atoms with Gasteiger partial charge in [0.1, 0.15) is 6.07 Å². The van der Waals surface area contributed by atoms with Crippen molar-refractivity contribution in [2.24, 2.45) is 0 Å². The summed E-state index contributed by atoms with van der Waals surface area (Å²) in [5.74, 6) is 0. The molecule has 7 heteroatoms. The first-order valence-corrected chi connectivity index (χ1v) is 9.90. The molecule has 0 aromatic heterocycles. The van der Waals surface area contributed by atoms with Crippen LogP contribution in [0.25, 0.3) is 0 Å². The van der Waals surface area contributed by atoms with Gasteiger partial charge in [-0.25, -0.2) is 8.42 Å². The molecule has 0 spiro atoms. The molecule has 0 fully saturated rings. The lowest BCUT2D eigenvalue weighted by atomic mass is 10.2. The fourth-order valence-corrected chi connectivity index (χ4v) is 3.73. The molecule has 0 bridgehead atoms. The molecule has 2 N–H and O–H groups in total. The van der Waals surface area contributed by atoms with E-state index in [2.05, 4.69) is 16.1 Å². The van der Waals surface area contributed by atoms with Crippen LogP contribution >= 0.6 is 11.6 Å². The van der Waals surface area contributed by atoms with Gasteiger partial charge in [0.05, 0.1) is 16.1 Å². The largest absolute Gasteiger partial charge is 0.354 e. The van der Waals surface area contributed by atoms with Crippen molar-refractivity contribution in [2.45, 2.75) is 11.8 Å². The highest BCUT2D eigenvalue weighted by Crippen LogP contribution is 2.24. The maximum absolute atomic E-state index is 12.5. The Hall–Kier alpha value is -3.01. The van der Waals surface area contributed by atoms with Crippen LogP contribution in [0.4, 0.5) is 17.1 Å². The van der Waals surface area contributed by atoms with Crippen LogP contribution in [0.5, 0.6) is 0 Å². The molecule has 3 aromatic rings. The Balaban J connectivity index is 1.77. The van der Waals surface area contributed by atoms with Crippen molar-refractivity contribution in [3.05, 3.63) is 82.9 Å². The minimum Gasteiger partial charge on any atom is -0.354 e. The maximum Gasteiger partial charge on any atom is 0.261 e. The summed E-state index contributed by atoms with van der Waals surface area (Å²) in [5.41, 5.74) is 3.07. The number of rotatable bonds is 5. The lowest BCUT2D eigenvalue weighted by Gasteiger charge is -2.11. The molecule has 0 aliphatic heterocycles. The van der Waals surface area contributed by atoms with E-state index in [4.69, 9.17) is 16.9 Å². The number of halogens is 1. The number of hydrogen-bond acceptors (Lipinski definition) is 4. The van der Waals surface area contributed by atoms with Gasteiger partial charge in [0.25, 0.3) is 10.0 Å². The Morgan fingerprint density at radius 2 is 1.63 bits per heavy atom. The van der Waals surface area contributed by atoms with Gasteiger partial charge in [0.15, 0.2) is 0 Å². The Labute approximate surface area is 163 Å². The lowest BCUT2D eigenvalue weighted by Crippen LogP contribution is -2.13. The minimum atomic E-state index is -3.71. The van der Waals surface area contributed by atoms with E-state index in [1.165, 1.54) is 12.1 Å².